The first kappa shape index (κ1) is 11.1. The van der Waals surface area contributed by atoms with Crippen molar-refractivity contribution in [3.8, 4) is 17.0 Å². The van der Waals surface area contributed by atoms with E-state index in [4.69, 9.17) is 10.2 Å². The molecule has 1 aromatic carbocycles. The normalized spacial score (nSPS) is 10.2. The lowest BCUT2D eigenvalue weighted by Gasteiger charge is -2.04. The van der Waals surface area contributed by atoms with Crippen molar-refractivity contribution in [1.29, 1.82) is 0 Å². The lowest BCUT2D eigenvalue weighted by atomic mass is 10.1. The Morgan fingerprint density at radius 3 is 2.59 bits per heavy atom. The number of carboxylic acid groups (broad SMARTS) is 1. The summed E-state index contributed by atoms with van der Waals surface area (Å²) in [4.78, 5) is 14.6. The molecule has 0 radical (unpaired) electrons. The van der Waals surface area contributed by atoms with Crippen LogP contribution in [-0.4, -0.2) is 21.2 Å². The second-order valence-corrected chi connectivity index (χ2v) is 3.40. The molecule has 0 unspecified atom stereocenters. The quantitative estimate of drug-likeness (QED) is 0.834. The van der Waals surface area contributed by atoms with Crippen molar-refractivity contribution in [2.75, 3.05) is 0 Å². The van der Waals surface area contributed by atoms with Crippen molar-refractivity contribution in [1.82, 2.24) is 4.98 Å². The largest absolute Gasteiger partial charge is 0.506 e. The summed E-state index contributed by atoms with van der Waals surface area (Å²) >= 11 is 0. The number of rotatable bonds is 2. The fourth-order valence-corrected chi connectivity index (χ4v) is 1.40. The van der Waals surface area contributed by atoms with Gasteiger partial charge < -0.3 is 10.2 Å². The van der Waals surface area contributed by atoms with E-state index in [-0.39, 0.29) is 22.6 Å². The maximum absolute atomic E-state index is 13.5. The molecule has 5 heteroatoms. The van der Waals surface area contributed by atoms with Crippen LogP contribution >= 0.6 is 0 Å². The minimum atomic E-state index is -1.13. The Balaban J connectivity index is 2.54. The van der Waals surface area contributed by atoms with Crippen molar-refractivity contribution in [3.05, 3.63) is 47.9 Å². The van der Waals surface area contributed by atoms with Gasteiger partial charge >= 0.3 is 5.97 Å². The molecule has 2 aromatic rings. The van der Waals surface area contributed by atoms with Crippen LogP contribution in [0.4, 0.5) is 4.39 Å². The number of carbonyl (C=O) groups is 1. The van der Waals surface area contributed by atoms with Crippen LogP contribution in [0.3, 0.4) is 0 Å². The summed E-state index contributed by atoms with van der Waals surface area (Å²) in [6, 6.07) is 6.24. The number of pyridine rings is 1. The number of hydrogen-bond donors (Lipinski definition) is 2. The topological polar surface area (TPSA) is 70.4 Å². The van der Waals surface area contributed by atoms with Gasteiger partial charge in [-0.15, -0.1) is 0 Å². The standard InChI is InChI=1S/C12H8FNO3/c13-10-3-1-7(12(16)17)5-9(10)11-4-2-8(15)6-14-11/h1-6,15H,(H,16,17). The van der Waals surface area contributed by atoms with Gasteiger partial charge in [-0.25, -0.2) is 9.18 Å². The van der Waals surface area contributed by atoms with E-state index in [1.807, 2.05) is 0 Å². The zero-order valence-electron chi connectivity index (χ0n) is 8.59. The summed E-state index contributed by atoms with van der Waals surface area (Å²) in [5.74, 6) is -1.73. The maximum Gasteiger partial charge on any atom is 0.335 e. The van der Waals surface area contributed by atoms with Gasteiger partial charge in [0.05, 0.1) is 17.5 Å². The molecule has 1 aromatic heterocycles. The highest BCUT2D eigenvalue weighted by Gasteiger charge is 2.10. The molecule has 17 heavy (non-hydrogen) atoms. The summed E-state index contributed by atoms with van der Waals surface area (Å²) in [5.41, 5.74) is 0.338. The molecule has 86 valence electrons. The van der Waals surface area contributed by atoms with E-state index in [2.05, 4.69) is 4.98 Å². The van der Waals surface area contributed by atoms with E-state index in [0.29, 0.717) is 0 Å². The second kappa shape index (κ2) is 4.21. The van der Waals surface area contributed by atoms with Crippen LogP contribution < -0.4 is 0 Å². The summed E-state index contributed by atoms with van der Waals surface area (Å²) in [6.45, 7) is 0. The number of aromatic nitrogens is 1. The average molecular weight is 233 g/mol. The van der Waals surface area contributed by atoms with Crippen LogP contribution in [0.15, 0.2) is 36.5 Å². The van der Waals surface area contributed by atoms with Crippen LogP contribution in [0.2, 0.25) is 0 Å². The number of benzene rings is 1. The van der Waals surface area contributed by atoms with Crippen LogP contribution in [0.5, 0.6) is 5.75 Å². The molecule has 4 nitrogen and oxygen atoms in total. The van der Waals surface area contributed by atoms with Gasteiger partial charge in [-0.05, 0) is 30.3 Å². The molecule has 1 heterocycles. The predicted molar refractivity (Wildman–Crippen MR) is 58.3 cm³/mol. The molecular formula is C12H8FNO3. The van der Waals surface area contributed by atoms with Crippen molar-refractivity contribution in [2.45, 2.75) is 0 Å². The van der Waals surface area contributed by atoms with Crippen molar-refractivity contribution >= 4 is 5.97 Å². The van der Waals surface area contributed by atoms with Crippen molar-refractivity contribution in [3.63, 3.8) is 0 Å². The molecule has 0 fully saturated rings. The van der Waals surface area contributed by atoms with E-state index < -0.39 is 11.8 Å². The van der Waals surface area contributed by atoms with Crippen molar-refractivity contribution in [2.24, 2.45) is 0 Å². The highest BCUT2D eigenvalue weighted by Crippen LogP contribution is 2.23. The summed E-state index contributed by atoms with van der Waals surface area (Å²) < 4.78 is 13.5. The van der Waals surface area contributed by atoms with E-state index >= 15 is 0 Å². The summed E-state index contributed by atoms with van der Waals surface area (Å²) in [6.07, 6.45) is 1.17. The predicted octanol–water partition coefficient (Wildman–Crippen LogP) is 2.29. The number of hydrogen-bond acceptors (Lipinski definition) is 3. The minimum absolute atomic E-state index is 0.0173. The van der Waals surface area contributed by atoms with Gasteiger partial charge in [-0.3, -0.25) is 4.98 Å². The van der Waals surface area contributed by atoms with Crippen LogP contribution in [0, 0.1) is 5.82 Å². The second-order valence-electron chi connectivity index (χ2n) is 3.40. The molecule has 0 saturated carbocycles. The van der Waals surface area contributed by atoms with Gasteiger partial charge in [0.15, 0.2) is 0 Å². The van der Waals surface area contributed by atoms with Gasteiger partial charge in [0.25, 0.3) is 0 Å². The first-order chi connectivity index (χ1) is 8.08. The Morgan fingerprint density at radius 2 is 2.00 bits per heavy atom. The first-order valence-electron chi connectivity index (χ1n) is 4.76. The third-order valence-electron chi connectivity index (χ3n) is 2.24. The summed E-state index contributed by atoms with van der Waals surface area (Å²) in [5, 5.41) is 17.9. The van der Waals surface area contributed by atoms with Gasteiger partial charge in [0.2, 0.25) is 0 Å². The van der Waals surface area contributed by atoms with Gasteiger partial charge in [-0.1, -0.05) is 0 Å². The average Bonchev–Trinajstić information content (AvgIpc) is 2.31. The molecule has 0 aliphatic heterocycles. The Hall–Kier alpha value is -2.43. The molecule has 0 aliphatic rings. The molecular weight excluding hydrogens is 225 g/mol. The fourth-order valence-electron chi connectivity index (χ4n) is 1.40. The molecule has 2 N–H and O–H groups in total. The van der Waals surface area contributed by atoms with E-state index in [1.54, 1.807) is 0 Å². The monoisotopic (exact) mass is 233 g/mol. The van der Waals surface area contributed by atoms with Gasteiger partial charge in [-0.2, -0.15) is 0 Å². The van der Waals surface area contributed by atoms with Gasteiger partial charge in [0.1, 0.15) is 11.6 Å². The Labute approximate surface area is 96.0 Å². The third kappa shape index (κ3) is 2.23. The lowest BCUT2D eigenvalue weighted by Crippen LogP contribution is -1.98. The number of nitrogens with zero attached hydrogens (tertiary/aromatic N) is 1. The van der Waals surface area contributed by atoms with Crippen LogP contribution in [-0.2, 0) is 0 Å². The number of aromatic carboxylic acids is 1. The maximum atomic E-state index is 13.5. The van der Waals surface area contributed by atoms with Crippen LogP contribution in [0.1, 0.15) is 10.4 Å². The zero-order valence-corrected chi connectivity index (χ0v) is 8.59. The highest BCUT2D eigenvalue weighted by atomic mass is 19.1. The molecule has 0 atom stereocenters. The fraction of sp³-hybridized carbons (Fsp3) is 0. The SMILES string of the molecule is O=C(O)c1ccc(F)c(-c2ccc(O)cn2)c1. The van der Waals surface area contributed by atoms with Crippen molar-refractivity contribution < 1.29 is 19.4 Å². The zero-order chi connectivity index (χ0) is 12.4. The van der Waals surface area contributed by atoms with Gasteiger partial charge in [0, 0.05) is 5.56 Å². The molecule has 0 bridgehead atoms. The highest BCUT2D eigenvalue weighted by molar-refractivity contribution is 5.89. The Morgan fingerprint density at radius 1 is 1.24 bits per heavy atom. The minimum Gasteiger partial charge on any atom is -0.506 e. The molecule has 0 aliphatic carbocycles. The summed E-state index contributed by atoms with van der Waals surface area (Å²) in [7, 11) is 0. The Kier molecular flexibility index (Phi) is 2.74. The van der Waals surface area contributed by atoms with E-state index in [0.717, 1.165) is 6.07 Å². The third-order valence-corrected chi connectivity index (χ3v) is 2.24. The number of halogens is 1. The number of aromatic hydroxyl groups is 1. The molecule has 2 rings (SSSR count). The molecule has 0 spiro atoms. The molecule has 0 amide bonds. The van der Waals surface area contributed by atoms with Crippen LogP contribution in [0.25, 0.3) is 11.3 Å². The first-order valence-corrected chi connectivity index (χ1v) is 4.76. The van der Waals surface area contributed by atoms with E-state index in [9.17, 15) is 9.18 Å². The van der Waals surface area contributed by atoms with E-state index in [1.165, 1.54) is 30.5 Å². The molecule has 0 saturated heterocycles. The smallest absolute Gasteiger partial charge is 0.335 e. The lowest BCUT2D eigenvalue weighted by molar-refractivity contribution is 0.0697. The Bertz CT molecular complexity index is 566. The number of carboxylic acids is 1.